The summed E-state index contributed by atoms with van der Waals surface area (Å²) >= 11 is 0. The van der Waals surface area contributed by atoms with Crippen LogP contribution in [0.15, 0.2) is 24.5 Å². The summed E-state index contributed by atoms with van der Waals surface area (Å²) in [5, 5.41) is 2.47. The van der Waals surface area contributed by atoms with Crippen molar-refractivity contribution < 1.29 is 22.3 Å². The zero-order valence-electron chi connectivity index (χ0n) is 8.50. The molecule has 0 spiro atoms. The average Bonchev–Trinajstić information content (AvgIpc) is 2.17. The molecule has 0 aromatic carbocycles. The summed E-state index contributed by atoms with van der Waals surface area (Å²) in [5.41, 5.74) is 0.613. The number of carbonyl (C=O) groups is 1. The smallest absolute Gasteiger partial charge is 0.211 e. The average molecular weight is 244 g/mol. The Morgan fingerprint density at radius 3 is 2.88 bits per heavy atom. The van der Waals surface area contributed by atoms with E-state index < -0.39 is 10.1 Å². The van der Waals surface area contributed by atoms with Crippen LogP contribution in [0.25, 0.3) is 0 Å². The van der Waals surface area contributed by atoms with Crippen molar-refractivity contribution in [1.82, 2.24) is 0 Å². The maximum Gasteiger partial charge on any atom is 0.211 e. The Bertz CT molecular complexity index is 458. The summed E-state index contributed by atoms with van der Waals surface area (Å²) in [6.07, 6.45) is 4.20. The largest absolute Gasteiger partial charge is 0.748 e. The summed E-state index contributed by atoms with van der Waals surface area (Å²) in [6, 6.07) is 3.42. The van der Waals surface area contributed by atoms with Gasteiger partial charge in [-0.05, 0) is 6.07 Å². The first-order valence-corrected chi connectivity index (χ1v) is 6.22. The lowest BCUT2D eigenvalue weighted by atomic mass is 10.4. The van der Waals surface area contributed by atoms with Gasteiger partial charge in [-0.2, -0.15) is 0 Å². The first-order valence-electron chi connectivity index (χ1n) is 4.64. The van der Waals surface area contributed by atoms with Crippen LogP contribution in [0.4, 0.5) is 5.69 Å². The van der Waals surface area contributed by atoms with Gasteiger partial charge < -0.3 is 9.87 Å². The van der Waals surface area contributed by atoms with Crippen molar-refractivity contribution in [2.45, 2.75) is 13.0 Å². The van der Waals surface area contributed by atoms with Crippen molar-refractivity contribution >= 4 is 22.2 Å². The summed E-state index contributed by atoms with van der Waals surface area (Å²) < 4.78 is 32.8. The maximum atomic E-state index is 10.4. The Balaban J connectivity index is 2.54. The summed E-state index contributed by atoms with van der Waals surface area (Å²) in [7, 11) is -4.15. The van der Waals surface area contributed by atoms with Gasteiger partial charge in [0.1, 0.15) is 12.2 Å². The Kier molecular flexibility index (Phi) is 4.39. The number of hydrogen-bond donors (Lipinski definition) is 1. The van der Waals surface area contributed by atoms with Gasteiger partial charge in [0.2, 0.25) is 6.41 Å². The van der Waals surface area contributed by atoms with Gasteiger partial charge in [0.15, 0.2) is 12.4 Å². The van der Waals surface area contributed by atoms with Gasteiger partial charge in [0.05, 0.1) is 10.1 Å². The number of nitrogens with one attached hydrogen (secondary N) is 1. The van der Waals surface area contributed by atoms with Crippen LogP contribution in [0.2, 0.25) is 0 Å². The fraction of sp³-hybridized carbons (Fsp3) is 0.333. The first-order chi connectivity index (χ1) is 7.51. The SMILES string of the molecule is O=CNc1ccc[n+](CCCS(=O)(=O)[O-])c1. The summed E-state index contributed by atoms with van der Waals surface area (Å²) in [6.45, 7) is 0.413. The molecule has 0 radical (unpaired) electrons. The molecule has 0 atom stereocenters. The molecule has 1 rings (SSSR count). The second kappa shape index (κ2) is 5.57. The van der Waals surface area contributed by atoms with Crippen LogP contribution in [-0.4, -0.2) is 25.1 Å². The zero-order valence-corrected chi connectivity index (χ0v) is 9.31. The molecule has 0 bridgehead atoms. The van der Waals surface area contributed by atoms with Crippen LogP contribution in [0.1, 0.15) is 6.42 Å². The number of rotatable bonds is 6. The normalized spacial score (nSPS) is 11.1. The second-order valence-electron chi connectivity index (χ2n) is 3.21. The Morgan fingerprint density at radius 1 is 1.50 bits per heavy atom. The fourth-order valence-electron chi connectivity index (χ4n) is 1.24. The minimum Gasteiger partial charge on any atom is -0.748 e. The van der Waals surface area contributed by atoms with E-state index in [-0.39, 0.29) is 12.2 Å². The maximum absolute atomic E-state index is 10.4. The molecule has 1 N–H and O–H groups in total. The van der Waals surface area contributed by atoms with E-state index in [0.29, 0.717) is 18.6 Å². The van der Waals surface area contributed by atoms with Gasteiger partial charge in [-0.25, -0.2) is 13.0 Å². The number of aromatic nitrogens is 1. The molecule has 0 fully saturated rings. The fourth-order valence-corrected chi connectivity index (χ4v) is 1.72. The number of aryl methyl sites for hydroxylation is 1. The number of amides is 1. The third kappa shape index (κ3) is 4.85. The van der Waals surface area contributed by atoms with Crippen molar-refractivity contribution in [3.63, 3.8) is 0 Å². The minimum atomic E-state index is -4.15. The van der Waals surface area contributed by atoms with E-state index in [1.54, 1.807) is 29.1 Å². The van der Waals surface area contributed by atoms with Gasteiger partial charge in [-0.3, -0.25) is 4.79 Å². The molecule has 1 amide bonds. The highest BCUT2D eigenvalue weighted by Crippen LogP contribution is 1.99. The molecule has 0 saturated heterocycles. The van der Waals surface area contributed by atoms with E-state index in [2.05, 4.69) is 5.32 Å². The van der Waals surface area contributed by atoms with E-state index in [9.17, 15) is 17.8 Å². The Morgan fingerprint density at radius 2 is 2.25 bits per heavy atom. The van der Waals surface area contributed by atoms with E-state index in [4.69, 9.17) is 0 Å². The molecule has 7 heteroatoms. The lowest BCUT2D eigenvalue weighted by molar-refractivity contribution is -0.696. The molecule has 1 aromatic rings. The number of pyridine rings is 1. The highest BCUT2D eigenvalue weighted by Gasteiger charge is 2.03. The number of nitrogens with zero attached hydrogens (tertiary/aromatic N) is 1. The molecule has 0 saturated carbocycles. The summed E-state index contributed by atoms with van der Waals surface area (Å²) in [4.78, 5) is 10.2. The second-order valence-corrected chi connectivity index (χ2v) is 4.73. The van der Waals surface area contributed by atoms with Crippen LogP contribution >= 0.6 is 0 Å². The van der Waals surface area contributed by atoms with E-state index >= 15 is 0 Å². The van der Waals surface area contributed by atoms with Gasteiger partial charge in [-0.15, -0.1) is 0 Å². The lowest BCUT2D eigenvalue weighted by Gasteiger charge is -2.04. The van der Waals surface area contributed by atoms with Crippen LogP contribution in [0.3, 0.4) is 0 Å². The molecule has 0 aliphatic rings. The molecule has 1 heterocycles. The Labute approximate surface area is 93.7 Å². The van der Waals surface area contributed by atoms with Gasteiger partial charge in [-0.1, -0.05) is 0 Å². The Hall–Kier alpha value is -1.47. The van der Waals surface area contributed by atoms with E-state index in [0.717, 1.165) is 0 Å². The molecule has 6 nitrogen and oxygen atoms in total. The van der Waals surface area contributed by atoms with Crippen LogP contribution in [-0.2, 0) is 21.5 Å². The molecule has 1 aromatic heterocycles. The van der Waals surface area contributed by atoms with Crippen molar-refractivity contribution in [2.24, 2.45) is 0 Å². The number of carbonyl (C=O) groups excluding carboxylic acids is 1. The summed E-state index contributed by atoms with van der Waals surface area (Å²) in [5.74, 6) is -0.384. The highest BCUT2D eigenvalue weighted by atomic mass is 32.2. The predicted molar refractivity (Wildman–Crippen MR) is 55.5 cm³/mol. The van der Waals surface area contributed by atoms with Crippen molar-refractivity contribution in [2.75, 3.05) is 11.1 Å². The lowest BCUT2D eigenvalue weighted by Crippen LogP contribution is -2.34. The quantitative estimate of drug-likeness (QED) is 0.414. The van der Waals surface area contributed by atoms with Crippen molar-refractivity contribution in [1.29, 1.82) is 0 Å². The molecule has 0 aliphatic heterocycles. The van der Waals surface area contributed by atoms with Gasteiger partial charge >= 0.3 is 0 Å². The zero-order chi connectivity index (χ0) is 12.0. The van der Waals surface area contributed by atoms with E-state index in [1.807, 2.05) is 0 Å². The molecular weight excluding hydrogens is 232 g/mol. The van der Waals surface area contributed by atoms with Crippen LogP contribution < -0.4 is 9.88 Å². The topological polar surface area (TPSA) is 90.2 Å². The third-order valence-corrected chi connectivity index (χ3v) is 2.68. The van der Waals surface area contributed by atoms with Crippen LogP contribution in [0, 0.1) is 0 Å². The molecule has 16 heavy (non-hydrogen) atoms. The number of anilines is 1. The number of hydrogen-bond acceptors (Lipinski definition) is 4. The van der Waals surface area contributed by atoms with Crippen molar-refractivity contribution in [3.05, 3.63) is 24.5 Å². The van der Waals surface area contributed by atoms with Crippen LogP contribution in [0.5, 0.6) is 0 Å². The predicted octanol–water partition coefficient (Wildman–Crippen LogP) is -0.522. The molecule has 88 valence electrons. The first kappa shape index (κ1) is 12.6. The van der Waals surface area contributed by atoms with Gasteiger partial charge in [0, 0.05) is 18.2 Å². The monoisotopic (exact) mass is 244 g/mol. The van der Waals surface area contributed by atoms with Crippen molar-refractivity contribution in [3.8, 4) is 0 Å². The third-order valence-electron chi connectivity index (χ3n) is 1.89. The molecule has 0 aliphatic carbocycles. The van der Waals surface area contributed by atoms with Gasteiger partial charge in [0.25, 0.3) is 0 Å². The van der Waals surface area contributed by atoms with E-state index in [1.165, 1.54) is 0 Å². The standard InChI is InChI=1S/C9H12N2O4S/c12-8-10-9-3-1-4-11(7-9)5-2-6-16(13,14)15/h1,3-4,7-8H,2,5-6H2,(H-,10,12,13,14,15). The molecule has 0 unspecified atom stereocenters. The highest BCUT2D eigenvalue weighted by molar-refractivity contribution is 7.85. The molecular formula is C9H12N2O4S. The minimum absolute atomic E-state index is 0.251.